The van der Waals surface area contributed by atoms with Crippen molar-refractivity contribution in [3.63, 3.8) is 0 Å². The van der Waals surface area contributed by atoms with Crippen molar-refractivity contribution in [1.29, 1.82) is 0 Å². The largest absolute Gasteiger partial charge is 0.337 e. The molecule has 0 bridgehead atoms. The molecule has 0 N–H and O–H groups in total. The first-order chi connectivity index (χ1) is 13.6. The molecule has 4 heterocycles. The first-order valence-corrected chi connectivity index (χ1v) is 9.67. The Kier molecular flexibility index (Phi) is 3.93. The zero-order valence-electron chi connectivity index (χ0n) is 15.7. The maximum Gasteiger partial charge on any atom is 0.274 e. The lowest BCUT2D eigenvalue weighted by atomic mass is 9.89. The molecule has 6 heteroatoms. The van der Waals surface area contributed by atoms with Crippen LogP contribution in [0.25, 0.3) is 5.65 Å². The van der Waals surface area contributed by atoms with Crippen molar-refractivity contribution in [2.45, 2.75) is 13.0 Å². The van der Waals surface area contributed by atoms with Gasteiger partial charge < -0.3 is 14.2 Å². The Morgan fingerprint density at radius 1 is 1.00 bits per heavy atom. The van der Waals surface area contributed by atoms with Gasteiger partial charge in [-0.15, -0.1) is 0 Å². The number of nitrogens with zero attached hydrogens (tertiary/aromatic N) is 4. The first kappa shape index (κ1) is 17.0. The molecule has 2 fully saturated rings. The normalized spacial score (nSPS) is 24.0. The van der Waals surface area contributed by atoms with Crippen LogP contribution in [0.1, 0.15) is 29.0 Å². The molecular formula is C22H22N4O2. The Balaban J connectivity index is 1.41. The molecule has 2 aliphatic rings. The molecule has 5 rings (SSSR count). The Morgan fingerprint density at radius 3 is 2.54 bits per heavy atom. The highest BCUT2D eigenvalue weighted by molar-refractivity contribution is 5.93. The zero-order chi connectivity index (χ0) is 19.3. The Labute approximate surface area is 163 Å². The Morgan fingerprint density at radius 2 is 1.79 bits per heavy atom. The van der Waals surface area contributed by atoms with E-state index in [0.717, 1.165) is 11.2 Å². The number of benzene rings is 1. The molecule has 0 radical (unpaired) electrons. The topological polar surface area (TPSA) is 57.9 Å². The number of amides is 2. The van der Waals surface area contributed by atoms with E-state index in [4.69, 9.17) is 0 Å². The monoisotopic (exact) mass is 374 g/mol. The molecule has 6 nitrogen and oxygen atoms in total. The molecule has 0 aliphatic carbocycles. The van der Waals surface area contributed by atoms with Crippen molar-refractivity contribution in [2.24, 2.45) is 11.8 Å². The number of imidazole rings is 1. The molecule has 0 saturated carbocycles. The SMILES string of the molecule is CC(=O)N1C[C@H]2CN(C(=O)c3cn4ccccc4n3)C[C@H]2[C@@H]1c1ccccc1. The highest BCUT2D eigenvalue weighted by Gasteiger charge is 2.49. The van der Waals surface area contributed by atoms with Crippen LogP contribution in [0.3, 0.4) is 0 Å². The van der Waals surface area contributed by atoms with Gasteiger partial charge in [0.15, 0.2) is 0 Å². The van der Waals surface area contributed by atoms with Gasteiger partial charge in [-0.25, -0.2) is 4.98 Å². The quantitative estimate of drug-likeness (QED) is 0.693. The van der Waals surface area contributed by atoms with Crippen molar-refractivity contribution < 1.29 is 9.59 Å². The number of pyridine rings is 1. The summed E-state index contributed by atoms with van der Waals surface area (Å²) < 4.78 is 1.87. The summed E-state index contributed by atoms with van der Waals surface area (Å²) in [5, 5.41) is 0. The third-order valence-electron chi connectivity index (χ3n) is 6.08. The van der Waals surface area contributed by atoms with Crippen LogP contribution < -0.4 is 0 Å². The van der Waals surface area contributed by atoms with Crippen molar-refractivity contribution in [2.75, 3.05) is 19.6 Å². The summed E-state index contributed by atoms with van der Waals surface area (Å²) in [6.45, 7) is 3.66. The fraction of sp³-hybridized carbons (Fsp3) is 0.318. The molecule has 28 heavy (non-hydrogen) atoms. The van der Waals surface area contributed by atoms with Gasteiger partial charge in [-0.1, -0.05) is 36.4 Å². The van der Waals surface area contributed by atoms with Gasteiger partial charge in [0.25, 0.3) is 5.91 Å². The highest BCUT2D eigenvalue weighted by atomic mass is 16.2. The van der Waals surface area contributed by atoms with Crippen molar-refractivity contribution in [3.05, 3.63) is 72.2 Å². The smallest absolute Gasteiger partial charge is 0.274 e. The lowest BCUT2D eigenvalue weighted by molar-refractivity contribution is -0.130. The van der Waals surface area contributed by atoms with E-state index in [1.54, 1.807) is 13.1 Å². The molecular weight excluding hydrogens is 352 g/mol. The predicted molar refractivity (Wildman–Crippen MR) is 105 cm³/mol. The van der Waals surface area contributed by atoms with Gasteiger partial charge in [0.1, 0.15) is 11.3 Å². The fourth-order valence-corrected chi connectivity index (χ4v) is 4.81. The van der Waals surface area contributed by atoms with Crippen molar-refractivity contribution >= 4 is 17.5 Å². The van der Waals surface area contributed by atoms with Gasteiger partial charge in [-0.2, -0.15) is 0 Å². The van der Waals surface area contributed by atoms with Gasteiger partial charge in [0, 0.05) is 50.8 Å². The number of hydrogen-bond donors (Lipinski definition) is 0. The Hall–Kier alpha value is -3.15. The van der Waals surface area contributed by atoms with Crippen LogP contribution in [0.2, 0.25) is 0 Å². The van der Waals surface area contributed by atoms with Crippen LogP contribution in [-0.2, 0) is 4.79 Å². The zero-order valence-corrected chi connectivity index (χ0v) is 15.7. The minimum atomic E-state index is -0.0284. The van der Waals surface area contributed by atoms with E-state index in [2.05, 4.69) is 17.1 Å². The van der Waals surface area contributed by atoms with Crippen molar-refractivity contribution in [3.8, 4) is 0 Å². The standard InChI is InChI=1S/C22H22N4O2/c1-15(27)26-12-17-11-25(13-18(17)21(26)16-7-3-2-4-8-16)22(28)19-14-24-10-6-5-9-20(24)23-19/h2-10,14,17-18,21H,11-13H2,1H3/t17-,18-,21+/m1/s1. The van der Waals surface area contributed by atoms with Crippen LogP contribution in [-0.4, -0.2) is 50.6 Å². The molecule has 2 aliphatic heterocycles. The van der Waals surface area contributed by atoms with Crippen LogP contribution in [0.15, 0.2) is 60.9 Å². The number of fused-ring (bicyclic) bond motifs is 2. The average molecular weight is 374 g/mol. The minimum Gasteiger partial charge on any atom is -0.337 e. The highest BCUT2D eigenvalue weighted by Crippen LogP contribution is 2.45. The fourth-order valence-electron chi connectivity index (χ4n) is 4.81. The number of rotatable bonds is 2. The third-order valence-corrected chi connectivity index (χ3v) is 6.08. The molecule has 142 valence electrons. The number of carbonyl (C=O) groups is 2. The lowest BCUT2D eigenvalue weighted by Crippen LogP contribution is -2.36. The van der Waals surface area contributed by atoms with Crippen LogP contribution in [0, 0.1) is 11.8 Å². The maximum atomic E-state index is 13.1. The van der Waals surface area contributed by atoms with E-state index in [1.165, 1.54) is 0 Å². The van der Waals surface area contributed by atoms with E-state index in [-0.39, 0.29) is 23.8 Å². The minimum absolute atomic E-state index is 0.0284. The van der Waals surface area contributed by atoms with E-state index in [1.807, 2.05) is 56.8 Å². The summed E-state index contributed by atoms with van der Waals surface area (Å²) in [6, 6.07) is 15.9. The molecule has 3 atom stereocenters. The molecule has 2 aromatic heterocycles. The Bertz CT molecular complexity index is 1010. The second kappa shape index (κ2) is 6.48. The maximum absolute atomic E-state index is 13.1. The predicted octanol–water partition coefficient (Wildman–Crippen LogP) is 2.63. The average Bonchev–Trinajstić information content (AvgIpc) is 3.39. The van der Waals surface area contributed by atoms with Gasteiger partial charge >= 0.3 is 0 Å². The van der Waals surface area contributed by atoms with Crippen LogP contribution >= 0.6 is 0 Å². The van der Waals surface area contributed by atoms with Gasteiger partial charge in [-0.3, -0.25) is 9.59 Å². The second-order valence-corrected chi connectivity index (χ2v) is 7.75. The van der Waals surface area contributed by atoms with E-state index >= 15 is 0 Å². The summed E-state index contributed by atoms with van der Waals surface area (Å²) in [6.07, 6.45) is 3.69. The van der Waals surface area contributed by atoms with Crippen LogP contribution in [0.4, 0.5) is 0 Å². The van der Waals surface area contributed by atoms with Gasteiger partial charge in [-0.05, 0) is 17.7 Å². The lowest BCUT2D eigenvalue weighted by Gasteiger charge is -2.29. The second-order valence-electron chi connectivity index (χ2n) is 7.75. The summed E-state index contributed by atoms with van der Waals surface area (Å²) in [5.41, 5.74) is 2.40. The van der Waals surface area contributed by atoms with E-state index in [9.17, 15) is 9.59 Å². The first-order valence-electron chi connectivity index (χ1n) is 9.67. The molecule has 3 aromatic rings. The van der Waals surface area contributed by atoms with E-state index in [0.29, 0.717) is 31.2 Å². The summed E-state index contributed by atoms with van der Waals surface area (Å²) in [7, 11) is 0. The number of hydrogen-bond acceptors (Lipinski definition) is 3. The molecule has 1 aromatic carbocycles. The number of likely N-dealkylation sites (tertiary alicyclic amines) is 2. The molecule has 2 amide bonds. The van der Waals surface area contributed by atoms with E-state index < -0.39 is 0 Å². The van der Waals surface area contributed by atoms with Gasteiger partial charge in [0.05, 0.1) is 6.04 Å². The molecule has 2 saturated heterocycles. The van der Waals surface area contributed by atoms with Crippen molar-refractivity contribution in [1.82, 2.24) is 19.2 Å². The summed E-state index contributed by atoms with van der Waals surface area (Å²) >= 11 is 0. The third kappa shape index (κ3) is 2.68. The molecule has 0 spiro atoms. The summed E-state index contributed by atoms with van der Waals surface area (Å²) in [4.78, 5) is 33.7. The number of aromatic nitrogens is 2. The van der Waals surface area contributed by atoms with Gasteiger partial charge in [0.2, 0.25) is 5.91 Å². The van der Waals surface area contributed by atoms with Crippen LogP contribution in [0.5, 0.6) is 0 Å². The number of carbonyl (C=O) groups excluding carboxylic acids is 2. The molecule has 0 unspecified atom stereocenters. The summed E-state index contributed by atoms with van der Waals surface area (Å²) in [5.74, 6) is 0.628.